The van der Waals surface area contributed by atoms with Gasteiger partial charge in [0.2, 0.25) is 5.95 Å². The number of aromatic amines is 1. The predicted molar refractivity (Wildman–Crippen MR) is 108 cm³/mol. The van der Waals surface area contributed by atoms with E-state index in [9.17, 15) is 5.11 Å². The average Bonchev–Trinajstić information content (AvgIpc) is 3.23. The summed E-state index contributed by atoms with van der Waals surface area (Å²) in [6, 6.07) is 4.13. The highest BCUT2D eigenvalue weighted by atomic mass is 32.1. The number of rotatable bonds is 5. The quantitative estimate of drug-likeness (QED) is 0.622. The van der Waals surface area contributed by atoms with Gasteiger partial charge in [-0.3, -0.25) is 5.10 Å². The predicted octanol–water partition coefficient (Wildman–Crippen LogP) is 3.63. The molecule has 0 bridgehead atoms. The number of aliphatic hydroxyl groups excluding tert-OH is 1. The van der Waals surface area contributed by atoms with Crippen molar-refractivity contribution in [3.8, 4) is 0 Å². The van der Waals surface area contributed by atoms with Gasteiger partial charge in [0.15, 0.2) is 11.6 Å². The van der Waals surface area contributed by atoms with Gasteiger partial charge < -0.3 is 15.3 Å². The van der Waals surface area contributed by atoms with Crippen LogP contribution in [0.1, 0.15) is 44.2 Å². The summed E-state index contributed by atoms with van der Waals surface area (Å²) in [5.41, 5.74) is 2.16. The standard InChI is InChI=1S/C19H24N6OS/c1-11(26)12-4-7-25(8-5-12)19-20-14-6-9-27-17(14)18(22-19)21-16-10-15(23-24-16)13-2-3-13/h6,9-13,26H,2-5,7-8H2,1H3,(H2,20,21,22,23,24). The highest BCUT2D eigenvalue weighted by molar-refractivity contribution is 7.17. The molecule has 142 valence electrons. The van der Waals surface area contributed by atoms with E-state index in [1.165, 1.54) is 18.5 Å². The van der Waals surface area contributed by atoms with Crippen molar-refractivity contribution in [1.82, 2.24) is 20.2 Å². The van der Waals surface area contributed by atoms with Crippen molar-refractivity contribution < 1.29 is 5.11 Å². The fourth-order valence-electron chi connectivity index (χ4n) is 3.78. The summed E-state index contributed by atoms with van der Waals surface area (Å²) in [4.78, 5) is 11.8. The molecule has 4 heterocycles. The molecule has 1 aliphatic carbocycles. The fraction of sp³-hybridized carbons (Fsp3) is 0.526. The molecule has 0 amide bonds. The van der Waals surface area contributed by atoms with Gasteiger partial charge in [-0.15, -0.1) is 11.3 Å². The minimum Gasteiger partial charge on any atom is -0.393 e. The number of anilines is 3. The van der Waals surface area contributed by atoms with Gasteiger partial charge in [0.05, 0.1) is 16.3 Å². The smallest absolute Gasteiger partial charge is 0.227 e. The van der Waals surface area contributed by atoms with E-state index in [1.54, 1.807) is 11.3 Å². The van der Waals surface area contributed by atoms with Gasteiger partial charge in [-0.25, -0.2) is 4.98 Å². The molecule has 2 fully saturated rings. The van der Waals surface area contributed by atoms with Crippen molar-refractivity contribution in [3.05, 3.63) is 23.2 Å². The van der Waals surface area contributed by atoms with E-state index in [0.717, 1.165) is 53.7 Å². The second-order valence-corrected chi connectivity index (χ2v) is 8.60. The van der Waals surface area contributed by atoms with E-state index in [-0.39, 0.29) is 6.10 Å². The van der Waals surface area contributed by atoms with Crippen molar-refractivity contribution in [2.75, 3.05) is 23.3 Å². The monoisotopic (exact) mass is 384 g/mol. The average molecular weight is 385 g/mol. The number of nitrogens with zero attached hydrogens (tertiary/aromatic N) is 4. The van der Waals surface area contributed by atoms with Crippen LogP contribution in [-0.4, -0.2) is 44.5 Å². The number of aliphatic hydroxyl groups is 1. The molecule has 1 saturated heterocycles. The molecule has 3 aromatic heterocycles. The first kappa shape index (κ1) is 16.9. The van der Waals surface area contributed by atoms with E-state index in [4.69, 9.17) is 9.97 Å². The summed E-state index contributed by atoms with van der Waals surface area (Å²) in [6.07, 6.45) is 4.18. The Morgan fingerprint density at radius 2 is 2.07 bits per heavy atom. The Balaban J connectivity index is 1.41. The Morgan fingerprint density at radius 3 is 2.81 bits per heavy atom. The lowest BCUT2D eigenvalue weighted by Gasteiger charge is -2.33. The number of thiophene rings is 1. The second-order valence-electron chi connectivity index (χ2n) is 7.68. The number of fused-ring (bicyclic) bond motifs is 1. The van der Waals surface area contributed by atoms with E-state index in [2.05, 4.69) is 26.5 Å². The topological polar surface area (TPSA) is 90.0 Å². The lowest BCUT2D eigenvalue weighted by molar-refractivity contribution is 0.109. The van der Waals surface area contributed by atoms with Crippen LogP contribution in [0.4, 0.5) is 17.6 Å². The minimum absolute atomic E-state index is 0.245. The zero-order chi connectivity index (χ0) is 18.4. The lowest BCUT2D eigenvalue weighted by Crippen LogP contribution is -2.38. The van der Waals surface area contributed by atoms with E-state index < -0.39 is 0 Å². The number of hydrogen-bond acceptors (Lipinski definition) is 7. The molecule has 0 aromatic carbocycles. The summed E-state index contributed by atoms with van der Waals surface area (Å²) < 4.78 is 1.05. The van der Waals surface area contributed by atoms with Gasteiger partial charge >= 0.3 is 0 Å². The molecule has 3 aromatic rings. The fourth-order valence-corrected chi connectivity index (χ4v) is 4.56. The first-order valence-electron chi connectivity index (χ1n) is 9.68. The zero-order valence-electron chi connectivity index (χ0n) is 15.4. The highest BCUT2D eigenvalue weighted by Crippen LogP contribution is 2.40. The molecule has 2 aliphatic rings. The third-order valence-corrected chi connectivity index (χ3v) is 6.57. The van der Waals surface area contributed by atoms with Gasteiger partial charge in [-0.05, 0) is 50.0 Å². The first-order valence-corrected chi connectivity index (χ1v) is 10.6. The summed E-state index contributed by atoms with van der Waals surface area (Å²) >= 11 is 1.64. The Labute approximate surface area is 161 Å². The van der Waals surface area contributed by atoms with E-state index in [1.807, 2.05) is 18.4 Å². The van der Waals surface area contributed by atoms with Crippen LogP contribution in [-0.2, 0) is 0 Å². The molecule has 1 unspecified atom stereocenters. The molecule has 1 aliphatic heterocycles. The van der Waals surface area contributed by atoms with Crippen molar-refractivity contribution in [2.45, 2.75) is 44.6 Å². The maximum Gasteiger partial charge on any atom is 0.227 e. The lowest BCUT2D eigenvalue weighted by atomic mass is 9.92. The van der Waals surface area contributed by atoms with Gasteiger partial charge in [0.25, 0.3) is 0 Å². The Hall–Kier alpha value is -2.19. The van der Waals surface area contributed by atoms with E-state index in [0.29, 0.717) is 11.8 Å². The molecule has 7 nitrogen and oxygen atoms in total. The van der Waals surface area contributed by atoms with Crippen molar-refractivity contribution >= 4 is 39.1 Å². The Morgan fingerprint density at radius 1 is 1.26 bits per heavy atom. The normalized spacial score (nSPS) is 19.6. The van der Waals surface area contributed by atoms with Gasteiger partial charge in [-0.1, -0.05) is 0 Å². The molecule has 27 heavy (non-hydrogen) atoms. The maximum absolute atomic E-state index is 9.83. The molecule has 0 spiro atoms. The number of H-pyrrole nitrogens is 1. The van der Waals surface area contributed by atoms with Crippen LogP contribution in [0.2, 0.25) is 0 Å². The number of hydrogen-bond donors (Lipinski definition) is 3. The van der Waals surface area contributed by atoms with Gasteiger partial charge in [-0.2, -0.15) is 10.1 Å². The van der Waals surface area contributed by atoms with Crippen LogP contribution in [0, 0.1) is 5.92 Å². The van der Waals surface area contributed by atoms with Crippen LogP contribution in [0.15, 0.2) is 17.5 Å². The van der Waals surface area contributed by atoms with Crippen molar-refractivity contribution in [3.63, 3.8) is 0 Å². The summed E-state index contributed by atoms with van der Waals surface area (Å²) in [7, 11) is 0. The van der Waals surface area contributed by atoms with Crippen LogP contribution >= 0.6 is 11.3 Å². The molecule has 5 rings (SSSR count). The summed E-state index contributed by atoms with van der Waals surface area (Å²) in [5, 5.41) is 22.8. The van der Waals surface area contributed by atoms with E-state index >= 15 is 0 Å². The number of piperidine rings is 1. The third kappa shape index (κ3) is 3.39. The van der Waals surface area contributed by atoms with Crippen LogP contribution in [0.25, 0.3) is 10.2 Å². The zero-order valence-corrected chi connectivity index (χ0v) is 16.2. The summed E-state index contributed by atoms with van der Waals surface area (Å²) in [5.74, 6) is 3.39. The largest absolute Gasteiger partial charge is 0.393 e. The van der Waals surface area contributed by atoms with Crippen molar-refractivity contribution in [1.29, 1.82) is 0 Å². The Bertz CT molecular complexity index is 939. The first-order chi connectivity index (χ1) is 13.2. The SMILES string of the molecule is CC(O)C1CCN(c2nc(Nc3cc(C4CC4)[nH]n3)c3sccc3n2)CC1. The summed E-state index contributed by atoms with van der Waals surface area (Å²) in [6.45, 7) is 3.63. The van der Waals surface area contributed by atoms with Crippen LogP contribution in [0.3, 0.4) is 0 Å². The number of aromatic nitrogens is 4. The second kappa shape index (κ2) is 6.76. The van der Waals surface area contributed by atoms with Crippen molar-refractivity contribution in [2.24, 2.45) is 5.92 Å². The van der Waals surface area contributed by atoms with Crippen LogP contribution < -0.4 is 10.2 Å². The molecule has 0 radical (unpaired) electrons. The maximum atomic E-state index is 9.83. The molecule has 1 saturated carbocycles. The molecule has 8 heteroatoms. The Kier molecular flexibility index (Phi) is 4.24. The number of nitrogens with one attached hydrogen (secondary N) is 2. The van der Waals surface area contributed by atoms with Crippen LogP contribution in [0.5, 0.6) is 0 Å². The molecular weight excluding hydrogens is 360 g/mol. The van der Waals surface area contributed by atoms with Gasteiger partial charge in [0.1, 0.15) is 0 Å². The third-order valence-electron chi connectivity index (χ3n) is 5.66. The van der Waals surface area contributed by atoms with Gasteiger partial charge in [0, 0.05) is 30.8 Å². The highest BCUT2D eigenvalue weighted by Gasteiger charge is 2.27. The molecule has 1 atom stereocenters. The minimum atomic E-state index is -0.245. The molecule has 3 N–H and O–H groups in total. The molecular formula is C19H24N6OS.